The fourth-order valence-corrected chi connectivity index (χ4v) is 1.40. The molecule has 0 aliphatic heterocycles. The highest BCUT2D eigenvalue weighted by atomic mass is 16.6. The molecule has 6 heteroatoms. The van der Waals surface area contributed by atoms with Crippen molar-refractivity contribution in [3.8, 4) is 0 Å². The molecule has 0 heterocycles. The van der Waals surface area contributed by atoms with Crippen molar-refractivity contribution in [2.75, 3.05) is 6.54 Å². The molecule has 1 aromatic rings. The molecule has 6 nitrogen and oxygen atoms in total. The number of nitro benzene ring substituents is 1. The topological polar surface area (TPSA) is 98.3 Å². The van der Waals surface area contributed by atoms with Crippen molar-refractivity contribution in [2.24, 2.45) is 5.73 Å². The van der Waals surface area contributed by atoms with E-state index in [1.54, 1.807) is 25.1 Å². The number of nitrogens with two attached hydrogens (primary N) is 1. The third kappa shape index (κ3) is 3.84. The second-order valence-electron chi connectivity index (χ2n) is 3.77. The van der Waals surface area contributed by atoms with E-state index in [1.165, 1.54) is 6.07 Å². The molecule has 1 rings (SSSR count). The van der Waals surface area contributed by atoms with E-state index in [1.807, 2.05) is 0 Å². The van der Waals surface area contributed by atoms with Crippen LogP contribution in [0.1, 0.15) is 12.5 Å². The molecule has 0 aliphatic rings. The summed E-state index contributed by atoms with van der Waals surface area (Å²) in [5, 5.41) is 13.4. The van der Waals surface area contributed by atoms with Crippen LogP contribution in [0, 0.1) is 10.1 Å². The van der Waals surface area contributed by atoms with Gasteiger partial charge in [-0.1, -0.05) is 18.2 Å². The van der Waals surface area contributed by atoms with Gasteiger partial charge in [-0.3, -0.25) is 14.9 Å². The molecule has 0 aliphatic carbocycles. The first-order valence-electron chi connectivity index (χ1n) is 5.26. The van der Waals surface area contributed by atoms with Crippen molar-refractivity contribution in [3.63, 3.8) is 0 Å². The minimum Gasteiger partial charge on any atom is -0.352 e. The van der Waals surface area contributed by atoms with Crippen molar-refractivity contribution in [2.45, 2.75) is 19.4 Å². The minimum absolute atomic E-state index is 0.0124. The molecule has 92 valence electrons. The monoisotopic (exact) mass is 237 g/mol. The Balaban J connectivity index is 2.74. The Hall–Kier alpha value is -1.95. The van der Waals surface area contributed by atoms with Crippen LogP contribution in [0.3, 0.4) is 0 Å². The number of hydrogen-bond donors (Lipinski definition) is 2. The highest BCUT2D eigenvalue weighted by Gasteiger charge is 2.15. The number of amides is 1. The van der Waals surface area contributed by atoms with Crippen LogP contribution in [-0.4, -0.2) is 23.4 Å². The molecule has 0 bridgehead atoms. The van der Waals surface area contributed by atoms with Crippen LogP contribution in [0.2, 0.25) is 0 Å². The van der Waals surface area contributed by atoms with Crippen LogP contribution in [0.25, 0.3) is 0 Å². The van der Waals surface area contributed by atoms with Gasteiger partial charge in [0.05, 0.1) is 11.3 Å². The number of nitro groups is 1. The highest BCUT2D eigenvalue weighted by molar-refractivity contribution is 5.80. The van der Waals surface area contributed by atoms with Gasteiger partial charge >= 0.3 is 0 Å². The lowest BCUT2D eigenvalue weighted by Crippen LogP contribution is -2.38. The predicted octanol–water partition coefficient (Wildman–Crippen LogP) is 0.601. The van der Waals surface area contributed by atoms with Gasteiger partial charge in [0.2, 0.25) is 5.91 Å². The number of hydrogen-bond acceptors (Lipinski definition) is 4. The average molecular weight is 237 g/mol. The van der Waals surface area contributed by atoms with Crippen molar-refractivity contribution in [3.05, 3.63) is 39.9 Å². The van der Waals surface area contributed by atoms with Crippen molar-refractivity contribution >= 4 is 11.6 Å². The summed E-state index contributed by atoms with van der Waals surface area (Å²) in [6.07, 6.45) is -0.0124. The van der Waals surface area contributed by atoms with E-state index >= 15 is 0 Å². The van der Waals surface area contributed by atoms with Crippen molar-refractivity contribution in [1.82, 2.24) is 5.32 Å². The summed E-state index contributed by atoms with van der Waals surface area (Å²) in [4.78, 5) is 21.8. The SMILES string of the molecule is C[C@H](CN)NC(=O)Cc1ccccc1[N+](=O)[O-]. The van der Waals surface area contributed by atoms with Gasteiger partial charge in [-0.2, -0.15) is 0 Å². The Morgan fingerprint density at radius 1 is 1.53 bits per heavy atom. The normalized spacial score (nSPS) is 11.9. The lowest BCUT2D eigenvalue weighted by Gasteiger charge is -2.11. The van der Waals surface area contributed by atoms with E-state index in [9.17, 15) is 14.9 Å². The molecule has 1 amide bonds. The van der Waals surface area contributed by atoms with Crippen LogP contribution < -0.4 is 11.1 Å². The molecular weight excluding hydrogens is 222 g/mol. The number of nitrogens with one attached hydrogen (secondary N) is 1. The molecule has 17 heavy (non-hydrogen) atoms. The summed E-state index contributed by atoms with van der Waals surface area (Å²) in [6.45, 7) is 2.11. The zero-order valence-corrected chi connectivity index (χ0v) is 9.55. The van der Waals surface area contributed by atoms with E-state index in [4.69, 9.17) is 5.73 Å². The quantitative estimate of drug-likeness (QED) is 0.578. The Morgan fingerprint density at radius 2 is 2.18 bits per heavy atom. The maximum absolute atomic E-state index is 11.6. The second-order valence-corrected chi connectivity index (χ2v) is 3.77. The van der Waals surface area contributed by atoms with Crippen molar-refractivity contribution < 1.29 is 9.72 Å². The molecule has 0 saturated carbocycles. The molecular formula is C11H15N3O3. The van der Waals surface area contributed by atoms with Crippen LogP contribution >= 0.6 is 0 Å². The Kier molecular flexibility index (Phi) is 4.59. The van der Waals surface area contributed by atoms with Crippen LogP contribution in [0.4, 0.5) is 5.69 Å². The average Bonchev–Trinajstić information content (AvgIpc) is 2.29. The first kappa shape index (κ1) is 13.1. The van der Waals surface area contributed by atoms with Crippen LogP contribution in [-0.2, 0) is 11.2 Å². The summed E-state index contributed by atoms with van der Waals surface area (Å²) in [6, 6.07) is 6.06. The molecule has 3 N–H and O–H groups in total. The zero-order chi connectivity index (χ0) is 12.8. The molecule has 0 unspecified atom stereocenters. The highest BCUT2D eigenvalue weighted by Crippen LogP contribution is 2.17. The minimum atomic E-state index is -0.491. The standard InChI is InChI=1S/C11H15N3O3/c1-8(7-12)13-11(15)6-9-4-2-3-5-10(9)14(16)17/h2-5,8H,6-7,12H2,1H3,(H,13,15)/t8-/m1/s1. The summed E-state index contributed by atoms with van der Waals surface area (Å²) in [7, 11) is 0. The smallest absolute Gasteiger partial charge is 0.273 e. The van der Waals surface area contributed by atoms with Crippen LogP contribution in [0.15, 0.2) is 24.3 Å². The van der Waals surface area contributed by atoms with Gasteiger partial charge in [0.1, 0.15) is 0 Å². The van der Waals surface area contributed by atoms with Gasteiger partial charge in [0.15, 0.2) is 0 Å². The van der Waals surface area contributed by atoms with E-state index in [0.29, 0.717) is 12.1 Å². The summed E-state index contributed by atoms with van der Waals surface area (Å²) in [5.74, 6) is -0.266. The number of nitrogens with zero attached hydrogens (tertiary/aromatic N) is 1. The van der Waals surface area contributed by atoms with Gasteiger partial charge in [-0.25, -0.2) is 0 Å². The molecule has 0 aromatic heterocycles. The Labute approximate surface area is 99.0 Å². The number of para-hydroxylation sites is 1. The molecule has 0 saturated heterocycles. The van der Waals surface area contributed by atoms with Gasteiger partial charge in [-0.15, -0.1) is 0 Å². The first-order valence-corrected chi connectivity index (χ1v) is 5.26. The van der Waals surface area contributed by atoms with E-state index < -0.39 is 4.92 Å². The molecule has 0 spiro atoms. The molecule has 0 fully saturated rings. The summed E-state index contributed by atoms with van der Waals surface area (Å²) < 4.78 is 0. The zero-order valence-electron chi connectivity index (χ0n) is 9.55. The van der Waals surface area contributed by atoms with Gasteiger partial charge in [0.25, 0.3) is 5.69 Å². The summed E-state index contributed by atoms with van der Waals surface area (Å²) >= 11 is 0. The number of rotatable bonds is 5. The van der Waals surface area contributed by atoms with Crippen molar-refractivity contribution in [1.29, 1.82) is 0 Å². The maximum atomic E-state index is 11.6. The molecule has 0 radical (unpaired) electrons. The van der Waals surface area contributed by atoms with Crippen LogP contribution in [0.5, 0.6) is 0 Å². The lowest BCUT2D eigenvalue weighted by molar-refractivity contribution is -0.385. The first-order chi connectivity index (χ1) is 8.04. The lowest BCUT2D eigenvalue weighted by atomic mass is 10.1. The predicted molar refractivity (Wildman–Crippen MR) is 63.5 cm³/mol. The number of benzene rings is 1. The van der Waals surface area contributed by atoms with E-state index in [2.05, 4.69) is 5.32 Å². The van der Waals surface area contributed by atoms with Gasteiger partial charge in [-0.05, 0) is 6.92 Å². The third-order valence-corrected chi connectivity index (χ3v) is 2.30. The fraction of sp³-hybridized carbons (Fsp3) is 0.364. The Morgan fingerprint density at radius 3 is 2.76 bits per heavy atom. The number of carbonyl (C=O) groups is 1. The fourth-order valence-electron chi connectivity index (χ4n) is 1.40. The van der Waals surface area contributed by atoms with E-state index in [-0.39, 0.29) is 24.1 Å². The maximum Gasteiger partial charge on any atom is 0.273 e. The largest absolute Gasteiger partial charge is 0.352 e. The summed E-state index contributed by atoms with van der Waals surface area (Å²) in [5.41, 5.74) is 5.73. The number of carbonyl (C=O) groups excluding carboxylic acids is 1. The molecule has 1 atom stereocenters. The molecule has 1 aromatic carbocycles. The second kappa shape index (κ2) is 5.95. The van der Waals surface area contributed by atoms with Gasteiger partial charge < -0.3 is 11.1 Å². The van der Waals surface area contributed by atoms with Gasteiger partial charge in [0, 0.05) is 24.2 Å². The Bertz CT molecular complexity index is 420. The van der Waals surface area contributed by atoms with E-state index in [0.717, 1.165) is 0 Å². The third-order valence-electron chi connectivity index (χ3n) is 2.30.